The number of rotatable bonds is 2. The number of hydrogen-bond acceptors (Lipinski definition) is 2. The molecule has 0 aliphatic rings. The summed E-state index contributed by atoms with van der Waals surface area (Å²) in [5.74, 6) is -1.79. The Labute approximate surface area is 114 Å². The van der Waals surface area contributed by atoms with Gasteiger partial charge in [-0.3, -0.25) is 4.98 Å². The van der Waals surface area contributed by atoms with Crippen LogP contribution in [0, 0.1) is 11.6 Å². The quantitative estimate of drug-likeness (QED) is 0.773. The van der Waals surface area contributed by atoms with Crippen LogP contribution in [-0.4, -0.2) is 4.98 Å². The number of halogens is 2. The summed E-state index contributed by atoms with van der Waals surface area (Å²) in [5.41, 5.74) is 7.76. The third kappa shape index (κ3) is 2.04. The van der Waals surface area contributed by atoms with Gasteiger partial charge in [-0.1, -0.05) is 30.3 Å². The topological polar surface area (TPSA) is 38.9 Å². The van der Waals surface area contributed by atoms with Crippen molar-refractivity contribution < 1.29 is 8.78 Å². The van der Waals surface area contributed by atoms with E-state index < -0.39 is 17.7 Å². The first kappa shape index (κ1) is 12.7. The summed E-state index contributed by atoms with van der Waals surface area (Å²) in [6, 6.07) is 12.5. The van der Waals surface area contributed by atoms with Crippen LogP contribution in [-0.2, 0) is 0 Å². The molecule has 0 spiro atoms. The molecule has 3 aromatic rings. The lowest BCUT2D eigenvalue weighted by atomic mass is 9.96. The summed E-state index contributed by atoms with van der Waals surface area (Å²) < 4.78 is 27.2. The lowest BCUT2D eigenvalue weighted by Gasteiger charge is -2.15. The molecule has 1 unspecified atom stereocenters. The molecule has 2 aromatic carbocycles. The van der Waals surface area contributed by atoms with Crippen LogP contribution in [0.1, 0.15) is 17.2 Å². The molecule has 20 heavy (non-hydrogen) atoms. The van der Waals surface area contributed by atoms with Gasteiger partial charge < -0.3 is 5.73 Å². The van der Waals surface area contributed by atoms with E-state index in [9.17, 15) is 8.78 Å². The van der Waals surface area contributed by atoms with Crippen LogP contribution in [0.15, 0.2) is 54.7 Å². The Kier molecular flexibility index (Phi) is 3.16. The first-order chi connectivity index (χ1) is 9.68. The van der Waals surface area contributed by atoms with Crippen LogP contribution in [0.2, 0.25) is 0 Å². The maximum atomic E-state index is 13.9. The van der Waals surface area contributed by atoms with E-state index in [-0.39, 0.29) is 5.56 Å². The maximum Gasteiger partial charge on any atom is 0.163 e. The smallest absolute Gasteiger partial charge is 0.163 e. The summed E-state index contributed by atoms with van der Waals surface area (Å²) in [7, 11) is 0. The number of para-hydroxylation sites is 1. The zero-order valence-corrected chi connectivity index (χ0v) is 10.6. The molecular formula is C16H12F2N2. The first-order valence-corrected chi connectivity index (χ1v) is 6.21. The number of hydrogen-bond donors (Lipinski definition) is 1. The fraction of sp³-hybridized carbons (Fsp3) is 0.0625. The fourth-order valence-electron chi connectivity index (χ4n) is 2.32. The predicted molar refractivity (Wildman–Crippen MR) is 74.1 cm³/mol. The third-order valence-electron chi connectivity index (χ3n) is 3.33. The van der Waals surface area contributed by atoms with Crippen molar-refractivity contribution in [1.82, 2.24) is 4.98 Å². The van der Waals surface area contributed by atoms with Crippen molar-refractivity contribution in [3.8, 4) is 0 Å². The number of pyridine rings is 1. The van der Waals surface area contributed by atoms with Gasteiger partial charge in [0.1, 0.15) is 0 Å². The minimum atomic E-state index is -0.902. The summed E-state index contributed by atoms with van der Waals surface area (Å²) >= 11 is 0. The van der Waals surface area contributed by atoms with Crippen molar-refractivity contribution >= 4 is 10.9 Å². The molecule has 1 heterocycles. The van der Waals surface area contributed by atoms with Crippen molar-refractivity contribution in [3.63, 3.8) is 0 Å². The molecule has 3 rings (SSSR count). The van der Waals surface area contributed by atoms with Gasteiger partial charge in [0.15, 0.2) is 11.6 Å². The van der Waals surface area contributed by atoms with Crippen molar-refractivity contribution in [2.24, 2.45) is 5.73 Å². The van der Waals surface area contributed by atoms with Gasteiger partial charge in [0.2, 0.25) is 0 Å². The SMILES string of the molecule is NC(c1cccc(F)c1F)c1ccnc2ccccc12. The third-order valence-corrected chi connectivity index (χ3v) is 3.33. The number of fused-ring (bicyclic) bond motifs is 1. The van der Waals surface area contributed by atoms with Crippen molar-refractivity contribution in [2.75, 3.05) is 0 Å². The normalized spacial score (nSPS) is 12.6. The molecule has 0 saturated carbocycles. The van der Waals surface area contributed by atoms with Gasteiger partial charge in [-0.2, -0.15) is 0 Å². The maximum absolute atomic E-state index is 13.9. The second-order valence-electron chi connectivity index (χ2n) is 4.54. The summed E-state index contributed by atoms with van der Waals surface area (Å²) in [6.07, 6.45) is 1.62. The first-order valence-electron chi connectivity index (χ1n) is 6.21. The second kappa shape index (κ2) is 4.98. The summed E-state index contributed by atoms with van der Waals surface area (Å²) in [4.78, 5) is 4.23. The molecule has 0 fully saturated rings. The monoisotopic (exact) mass is 270 g/mol. The number of benzene rings is 2. The lowest BCUT2D eigenvalue weighted by molar-refractivity contribution is 0.494. The second-order valence-corrected chi connectivity index (χ2v) is 4.54. The van der Waals surface area contributed by atoms with Crippen LogP contribution < -0.4 is 5.73 Å². The van der Waals surface area contributed by atoms with Crippen molar-refractivity contribution in [3.05, 3.63) is 77.5 Å². The van der Waals surface area contributed by atoms with E-state index in [1.165, 1.54) is 12.1 Å². The molecule has 0 radical (unpaired) electrons. The molecule has 2 N–H and O–H groups in total. The Hall–Kier alpha value is -2.33. The highest BCUT2D eigenvalue weighted by atomic mass is 19.2. The van der Waals surface area contributed by atoms with E-state index >= 15 is 0 Å². The molecule has 0 bridgehead atoms. The Balaban J connectivity index is 2.18. The van der Waals surface area contributed by atoms with Crippen LogP contribution in [0.5, 0.6) is 0 Å². The van der Waals surface area contributed by atoms with Gasteiger partial charge in [-0.15, -0.1) is 0 Å². The van der Waals surface area contributed by atoms with Gasteiger partial charge in [0, 0.05) is 17.1 Å². The van der Waals surface area contributed by atoms with Crippen LogP contribution in [0.3, 0.4) is 0 Å². The number of nitrogens with zero attached hydrogens (tertiary/aromatic N) is 1. The Bertz CT molecular complexity index is 766. The van der Waals surface area contributed by atoms with Gasteiger partial charge in [0.05, 0.1) is 11.6 Å². The molecule has 4 heteroatoms. The largest absolute Gasteiger partial charge is 0.320 e. The Morgan fingerprint density at radius 2 is 1.70 bits per heavy atom. The highest BCUT2D eigenvalue weighted by molar-refractivity contribution is 5.82. The zero-order chi connectivity index (χ0) is 14.1. The standard InChI is InChI=1S/C16H12F2N2/c17-13-6-3-5-12(15(13)18)16(19)11-8-9-20-14-7-2-1-4-10(11)14/h1-9,16H,19H2. The highest BCUT2D eigenvalue weighted by Gasteiger charge is 2.18. The minimum Gasteiger partial charge on any atom is -0.320 e. The zero-order valence-electron chi connectivity index (χ0n) is 10.6. The average Bonchev–Trinajstić information content (AvgIpc) is 2.49. The van der Waals surface area contributed by atoms with E-state index in [1.807, 2.05) is 24.3 Å². The van der Waals surface area contributed by atoms with Crippen molar-refractivity contribution in [2.45, 2.75) is 6.04 Å². The van der Waals surface area contributed by atoms with Crippen molar-refractivity contribution in [1.29, 1.82) is 0 Å². The molecule has 1 aromatic heterocycles. The summed E-state index contributed by atoms with van der Waals surface area (Å²) in [6.45, 7) is 0. The van der Waals surface area contributed by atoms with E-state index in [0.29, 0.717) is 0 Å². The molecule has 0 saturated heterocycles. The van der Waals surface area contributed by atoms with Crippen LogP contribution >= 0.6 is 0 Å². The van der Waals surface area contributed by atoms with Gasteiger partial charge >= 0.3 is 0 Å². The van der Waals surface area contributed by atoms with E-state index in [2.05, 4.69) is 4.98 Å². The van der Waals surface area contributed by atoms with E-state index in [4.69, 9.17) is 5.73 Å². The molecule has 0 aliphatic carbocycles. The Morgan fingerprint density at radius 3 is 2.55 bits per heavy atom. The predicted octanol–water partition coefficient (Wildman–Crippen LogP) is 3.56. The fourth-order valence-corrected chi connectivity index (χ4v) is 2.32. The van der Waals surface area contributed by atoms with E-state index in [0.717, 1.165) is 22.5 Å². The van der Waals surface area contributed by atoms with E-state index in [1.54, 1.807) is 12.3 Å². The molecule has 100 valence electrons. The molecule has 0 aliphatic heterocycles. The molecular weight excluding hydrogens is 258 g/mol. The van der Waals surface area contributed by atoms with Gasteiger partial charge in [-0.05, 0) is 23.8 Å². The van der Waals surface area contributed by atoms with Crippen LogP contribution in [0.4, 0.5) is 8.78 Å². The highest BCUT2D eigenvalue weighted by Crippen LogP contribution is 2.28. The molecule has 0 amide bonds. The van der Waals surface area contributed by atoms with Crippen LogP contribution in [0.25, 0.3) is 10.9 Å². The number of nitrogens with two attached hydrogens (primary N) is 1. The Morgan fingerprint density at radius 1 is 0.900 bits per heavy atom. The average molecular weight is 270 g/mol. The number of aromatic nitrogens is 1. The molecule has 2 nitrogen and oxygen atoms in total. The van der Waals surface area contributed by atoms with Gasteiger partial charge in [-0.25, -0.2) is 8.78 Å². The summed E-state index contributed by atoms with van der Waals surface area (Å²) in [5, 5.41) is 0.839. The molecule has 1 atom stereocenters. The minimum absolute atomic E-state index is 0.140. The van der Waals surface area contributed by atoms with Gasteiger partial charge in [0.25, 0.3) is 0 Å². The lowest BCUT2D eigenvalue weighted by Crippen LogP contribution is -2.15.